The van der Waals surface area contributed by atoms with Crippen molar-refractivity contribution in [1.82, 2.24) is 14.8 Å². The second-order valence-corrected chi connectivity index (χ2v) is 7.15. The van der Waals surface area contributed by atoms with Gasteiger partial charge < -0.3 is 5.32 Å². The Labute approximate surface area is 161 Å². The first-order valence-corrected chi connectivity index (χ1v) is 9.43. The third-order valence-electron chi connectivity index (χ3n) is 4.21. The fraction of sp³-hybridized carbons (Fsp3) is 0.0952. The number of rotatable bonds is 4. The Balaban J connectivity index is 1.47. The maximum Gasteiger partial charge on any atom is 0.255 e. The Morgan fingerprint density at radius 1 is 1.04 bits per heavy atom. The van der Waals surface area contributed by atoms with E-state index >= 15 is 0 Å². The Morgan fingerprint density at radius 3 is 2.37 bits per heavy atom. The van der Waals surface area contributed by atoms with Crippen molar-refractivity contribution in [3.05, 3.63) is 83.1 Å². The number of thiazole rings is 1. The van der Waals surface area contributed by atoms with Gasteiger partial charge in [0.2, 0.25) is 0 Å². The highest BCUT2D eigenvalue weighted by molar-refractivity contribution is 7.13. The van der Waals surface area contributed by atoms with E-state index in [4.69, 9.17) is 0 Å². The van der Waals surface area contributed by atoms with Crippen LogP contribution in [0.5, 0.6) is 0 Å². The molecule has 1 amide bonds. The lowest BCUT2D eigenvalue weighted by atomic mass is 10.1. The van der Waals surface area contributed by atoms with Gasteiger partial charge in [0.15, 0.2) is 0 Å². The van der Waals surface area contributed by atoms with Crippen LogP contribution in [0.4, 0.5) is 5.69 Å². The standard InChI is InChI=1S/C21H18N4OS/c1-14-13-15(2)25(24-14)19-9-5-16(6-10-19)20(26)23-18-7-3-17(4-8-18)21-22-11-12-27-21/h3-13H,1-2H3,(H,23,26). The van der Waals surface area contributed by atoms with Gasteiger partial charge in [-0.05, 0) is 68.4 Å². The fourth-order valence-corrected chi connectivity index (χ4v) is 3.55. The van der Waals surface area contributed by atoms with Crippen LogP contribution in [0.1, 0.15) is 21.7 Å². The van der Waals surface area contributed by atoms with Crippen LogP contribution in [0, 0.1) is 13.8 Å². The van der Waals surface area contributed by atoms with E-state index in [0.29, 0.717) is 5.56 Å². The number of anilines is 1. The molecule has 0 unspecified atom stereocenters. The molecule has 4 aromatic rings. The van der Waals surface area contributed by atoms with Crippen LogP contribution >= 0.6 is 11.3 Å². The topological polar surface area (TPSA) is 59.8 Å². The van der Waals surface area contributed by atoms with Crippen LogP contribution in [0.25, 0.3) is 16.3 Å². The van der Waals surface area contributed by atoms with E-state index in [2.05, 4.69) is 15.4 Å². The lowest BCUT2D eigenvalue weighted by Crippen LogP contribution is -2.12. The summed E-state index contributed by atoms with van der Waals surface area (Å²) in [5.41, 5.74) is 5.36. The minimum Gasteiger partial charge on any atom is -0.322 e. The summed E-state index contributed by atoms with van der Waals surface area (Å²) < 4.78 is 1.87. The molecular formula is C21H18N4OS. The van der Waals surface area contributed by atoms with E-state index in [1.165, 1.54) is 0 Å². The number of nitrogens with one attached hydrogen (secondary N) is 1. The van der Waals surface area contributed by atoms with Crippen LogP contribution in [0.2, 0.25) is 0 Å². The van der Waals surface area contributed by atoms with Crippen LogP contribution in [-0.4, -0.2) is 20.7 Å². The molecule has 27 heavy (non-hydrogen) atoms. The van der Waals surface area contributed by atoms with Crippen molar-refractivity contribution in [1.29, 1.82) is 0 Å². The molecule has 1 N–H and O–H groups in total. The van der Waals surface area contributed by atoms with Gasteiger partial charge >= 0.3 is 0 Å². The SMILES string of the molecule is Cc1cc(C)n(-c2ccc(C(=O)Nc3ccc(-c4nccs4)cc3)cc2)n1. The van der Waals surface area contributed by atoms with Gasteiger partial charge in [0.25, 0.3) is 5.91 Å². The summed E-state index contributed by atoms with van der Waals surface area (Å²) in [7, 11) is 0. The van der Waals surface area contributed by atoms with Crippen molar-refractivity contribution in [3.8, 4) is 16.3 Å². The normalized spacial score (nSPS) is 10.7. The van der Waals surface area contributed by atoms with E-state index < -0.39 is 0 Å². The quantitative estimate of drug-likeness (QED) is 0.555. The molecule has 2 aromatic heterocycles. The van der Waals surface area contributed by atoms with Crippen LogP contribution in [0.15, 0.2) is 66.2 Å². The molecule has 0 saturated carbocycles. The van der Waals surface area contributed by atoms with Crippen molar-refractivity contribution in [2.75, 3.05) is 5.32 Å². The predicted molar refractivity (Wildman–Crippen MR) is 109 cm³/mol. The molecule has 2 heterocycles. The van der Waals surface area contributed by atoms with Gasteiger partial charge in [0.1, 0.15) is 5.01 Å². The summed E-state index contributed by atoms with van der Waals surface area (Å²) in [5.74, 6) is -0.142. The molecule has 4 rings (SSSR count). The Hall–Kier alpha value is -3.25. The summed E-state index contributed by atoms with van der Waals surface area (Å²) >= 11 is 1.59. The molecule has 0 aliphatic rings. The molecule has 6 heteroatoms. The molecule has 0 radical (unpaired) electrons. The monoisotopic (exact) mass is 374 g/mol. The van der Waals surface area contributed by atoms with Crippen molar-refractivity contribution < 1.29 is 4.79 Å². The number of carbonyl (C=O) groups excluding carboxylic acids is 1. The number of nitrogens with zero attached hydrogens (tertiary/aromatic N) is 3. The van der Waals surface area contributed by atoms with Crippen LogP contribution in [0.3, 0.4) is 0 Å². The summed E-state index contributed by atoms with van der Waals surface area (Å²) in [6.45, 7) is 3.97. The van der Waals surface area contributed by atoms with Crippen molar-refractivity contribution in [3.63, 3.8) is 0 Å². The minimum absolute atomic E-state index is 0.142. The average Bonchev–Trinajstić information content (AvgIpc) is 3.32. The van der Waals surface area contributed by atoms with E-state index in [-0.39, 0.29) is 5.91 Å². The molecule has 134 valence electrons. The van der Waals surface area contributed by atoms with Gasteiger partial charge in [-0.25, -0.2) is 9.67 Å². The molecule has 0 aliphatic heterocycles. The van der Waals surface area contributed by atoms with Crippen LogP contribution in [-0.2, 0) is 0 Å². The smallest absolute Gasteiger partial charge is 0.255 e. The maximum absolute atomic E-state index is 12.5. The van der Waals surface area contributed by atoms with E-state index in [9.17, 15) is 4.79 Å². The number of hydrogen-bond donors (Lipinski definition) is 1. The predicted octanol–water partition coefficient (Wildman–Crippen LogP) is 4.86. The largest absolute Gasteiger partial charge is 0.322 e. The molecule has 0 fully saturated rings. The molecule has 0 atom stereocenters. The number of aromatic nitrogens is 3. The van der Waals surface area contributed by atoms with Crippen molar-refractivity contribution in [2.24, 2.45) is 0 Å². The highest BCUT2D eigenvalue weighted by Crippen LogP contribution is 2.23. The Bertz CT molecular complexity index is 1060. The molecule has 0 bridgehead atoms. The molecule has 0 spiro atoms. The zero-order valence-corrected chi connectivity index (χ0v) is 15.8. The molecular weight excluding hydrogens is 356 g/mol. The average molecular weight is 374 g/mol. The summed E-state index contributed by atoms with van der Waals surface area (Å²) in [4.78, 5) is 16.8. The number of aryl methyl sites for hydroxylation is 2. The fourth-order valence-electron chi connectivity index (χ4n) is 2.91. The first kappa shape index (κ1) is 17.2. The Morgan fingerprint density at radius 2 is 1.78 bits per heavy atom. The lowest BCUT2D eigenvalue weighted by Gasteiger charge is -2.08. The van der Waals surface area contributed by atoms with Crippen molar-refractivity contribution in [2.45, 2.75) is 13.8 Å². The second kappa shape index (κ2) is 7.17. The summed E-state index contributed by atoms with van der Waals surface area (Å²) in [6, 6.07) is 17.1. The zero-order valence-electron chi connectivity index (χ0n) is 15.0. The third-order valence-corrected chi connectivity index (χ3v) is 5.03. The van der Waals surface area contributed by atoms with E-state index in [1.54, 1.807) is 17.5 Å². The first-order chi connectivity index (χ1) is 13.1. The van der Waals surface area contributed by atoms with E-state index in [0.717, 1.165) is 33.3 Å². The highest BCUT2D eigenvalue weighted by Gasteiger charge is 2.09. The molecule has 2 aromatic carbocycles. The second-order valence-electron chi connectivity index (χ2n) is 6.25. The van der Waals surface area contributed by atoms with Crippen LogP contribution < -0.4 is 5.32 Å². The van der Waals surface area contributed by atoms with Gasteiger partial charge in [-0.1, -0.05) is 0 Å². The van der Waals surface area contributed by atoms with Gasteiger partial charge in [0, 0.05) is 34.1 Å². The number of carbonyl (C=O) groups is 1. The van der Waals surface area contributed by atoms with E-state index in [1.807, 2.05) is 78.5 Å². The maximum atomic E-state index is 12.5. The number of amides is 1. The van der Waals surface area contributed by atoms with Gasteiger partial charge in [-0.2, -0.15) is 5.10 Å². The van der Waals surface area contributed by atoms with Gasteiger partial charge in [-0.15, -0.1) is 11.3 Å². The molecule has 0 saturated heterocycles. The minimum atomic E-state index is -0.142. The molecule has 0 aliphatic carbocycles. The third kappa shape index (κ3) is 3.66. The Kier molecular flexibility index (Phi) is 4.56. The summed E-state index contributed by atoms with van der Waals surface area (Å²) in [6.07, 6.45) is 1.78. The van der Waals surface area contributed by atoms with Gasteiger partial charge in [0.05, 0.1) is 11.4 Å². The number of benzene rings is 2. The zero-order chi connectivity index (χ0) is 18.8. The number of hydrogen-bond acceptors (Lipinski definition) is 4. The highest BCUT2D eigenvalue weighted by atomic mass is 32.1. The molecule has 5 nitrogen and oxygen atoms in total. The summed E-state index contributed by atoms with van der Waals surface area (Å²) in [5, 5.41) is 10.3. The lowest BCUT2D eigenvalue weighted by molar-refractivity contribution is 0.102. The van der Waals surface area contributed by atoms with Gasteiger partial charge in [-0.3, -0.25) is 4.79 Å². The van der Waals surface area contributed by atoms with Crippen molar-refractivity contribution >= 4 is 22.9 Å². The first-order valence-electron chi connectivity index (χ1n) is 8.55.